The zero-order valence-electron chi connectivity index (χ0n) is 7.42. The van der Waals surface area contributed by atoms with Crippen LogP contribution in [0.3, 0.4) is 0 Å². The Morgan fingerprint density at radius 2 is 2.17 bits per heavy atom. The van der Waals surface area contributed by atoms with E-state index in [0.717, 1.165) is 11.1 Å². The summed E-state index contributed by atoms with van der Waals surface area (Å²) >= 11 is 0. The number of aryl methyl sites for hydroxylation is 1. The highest BCUT2D eigenvalue weighted by molar-refractivity contribution is 5.97. The van der Waals surface area contributed by atoms with Crippen molar-refractivity contribution in [2.75, 3.05) is 5.73 Å². The van der Waals surface area contributed by atoms with E-state index >= 15 is 0 Å². The quantitative estimate of drug-likeness (QED) is 0.536. The topological polar surface area (TPSA) is 43.1 Å². The molecule has 1 aromatic rings. The number of hydrogen-bond acceptors (Lipinski definition) is 2. The molecule has 0 radical (unpaired) electrons. The molecule has 0 amide bonds. The number of rotatable bonds is 2. The van der Waals surface area contributed by atoms with E-state index in [-0.39, 0.29) is 5.78 Å². The fourth-order valence-corrected chi connectivity index (χ4v) is 1.13. The lowest BCUT2D eigenvalue weighted by Gasteiger charge is -2.03. The standard InChI is InChI=1S/C10H13NO/c1-3-10(12)9-6-8(11)5-4-7(9)2/h4-6H,3,11H2,1-2H3. The molecule has 0 heterocycles. The minimum atomic E-state index is 0.153. The molecule has 0 fully saturated rings. The van der Waals surface area contributed by atoms with Gasteiger partial charge in [-0.25, -0.2) is 0 Å². The van der Waals surface area contributed by atoms with E-state index in [2.05, 4.69) is 0 Å². The van der Waals surface area contributed by atoms with Gasteiger partial charge in [-0.15, -0.1) is 0 Å². The number of Topliss-reactive ketones (excluding diaryl/α,β-unsaturated/α-hetero) is 1. The van der Waals surface area contributed by atoms with Gasteiger partial charge >= 0.3 is 0 Å². The number of hydrogen-bond donors (Lipinski definition) is 1. The van der Waals surface area contributed by atoms with E-state index in [1.54, 1.807) is 6.07 Å². The average molecular weight is 163 g/mol. The van der Waals surface area contributed by atoms with Crippen molar-refractivity contribution in [3.05, 3.63) is 29.3 Å². The summed E-state index contributed by atoms with van der Waals surface area (Å²) in [7, 11) is 0. The Labute approximate surface area is 72.4 Å². The minimum Gasteiger partial charge on any atom is -0.399 e. The number of benzene rings is 1. The molecule has 64 valence electrons. The summed E-state index contributed by atoms with van der Waals surface area (Å²) < 4.78 is 0. The Morgan fingerprint density at radius 3 is 2.75 bits per heavy atom. The Hall–Kier alpha value is -1.31. The summed E-state index contributed by atoms with van der Waals surface area (Å²) in [4.78, 5) is 11.3. The van der Waals surface area contributed by atoms with Crippen LogP contribution >= 0.6 is 0 Å². The molecule has 0 atom stereocenters. The second-order valence-electron chi connectivity index (χ2n) is 2.85. The van der Waals surface area contributed by atoms with Crippen LogP contribution < -0.4 is 5.73 Å². The van der Waals surface area contributed by atoms with Crippen LogP contribution in [0.15, 0.2) is 18.2 Å². The molecule has 0 aromatic heterocycles. The lowest BCUT2D eigenvalue weighted by atomic mass is 10.0. The lowest BCUT2D eigenvalue weighted by Crippen LogP contribution is -2.00. The Bertz CT molecular complexity index is 305. The van der Waals surface area contributed by atoms with Crippen LogP contribution in [-0.2, 0) is 0 Å². The van der Waals surface area contributed by atoms with Crippen molar-refractivity contribution in [3.8, 4) is 0 Å². The lowest BCUT2D eigenvalue weighted by molar-refractivity contribution is 0.0987. The molecule has 2 N–H and O–H groups in total. The van der Waals surface area contributed by atoms with Crippen molar-refractivity contribution in [1.82, 2.24) is 0 Å². The number of ketones is 1. The van der Waals surface area contributed by atoms with Gasteiger partial charge in [-0.3, -0.25) is 4.79 Å². The van der Waals surface area contributed by atoms with E-state index < -0.39 is 0 Å². The van der Waals surface area contributed by atoms with Gasteiger partial charge in [0, 0.05) is 17.7 Å². The number of carbonyl (C=O) groups is 1. The molecule has 1 aromatic carbocycles. The van der Waals surface area contributed by atoms with Crippen molar-refractivity contribution in [3.63, 3.8) is 0 Å². The summed E-state index contributed by atoms with van der Waals surface area (Å²) in [5.74, 6) is 0.153. The first-order valence-electron chi connectivity index (χ1n) is 4.04. The fraction of sp³-hybridized carbons (Fsp3) is 0.300. The number of carbonyl (C=O) groups excluding carboxylic acids is 1. The number of nitrogen functional groups attached to an aromatic ring is 1. The van der Waals surface area contributed by atoms with Gasteiger partial charge < -0.3 is 5.73 Å². The molecule has 0 aliphatic heterocycles. The Balaban J connectivity index is 3.13. The van der Waals surface area contributed by atoms with Gasteiger partial charge in [0.05, 0.1) is 0 Å². The third-order valence-electron chi connectivity index (χ3n) is 1.88. The van der Waals surface area contributed by atoms with Gasteiger partial charge in [0.2, 0.25) is 0 Å². The fourth-order valence-electron chi connectivity index (χ4n) is 1.13. The predicted molar refractivity (Wildman–Crippen MR) is 50.2 cm³/mol. The zero-order valence-corrected chi connectivity index (χ0v) is 7.42. The van der Waals surface area contributed by atoms with Crippen molar-refractivity contribution < 1.29 is 4.79 Å². The highest BCUT2D eigenvalue weighted by Crippen LogP contribution is 2.14. The van der Waals surface area contributed by atoms with Crippen LogP contribution in [0, 0.1) is 6.92 Å². The van der Waals surface area contributed by atoms with Gasteiger partial charge in [0.25, 0.3) is 0 Å². The third kappa shape index (κ3) is 1.64. The molecule has 1 rings (SSSR count). The van der Waals surface area contributed by atoms with Gasteiger partial charge in [-0.2, -0.15) is 0 Å². The van der Waals surface area contributed by atoms with Crippen LogP contribution in [0.2, 0.25) is 0 Å². The molecule has 0 aliphatic carbocycles. The van der Waals surface area contributed by atoms with E-state index in [9.17, 15) is 4.79 Å². The van der Waals surface area contributed by atoms with Crippen LogP contribution in [0.5, 0.6) is 0 Å². The summed E-state index contributed by atoms with van der Waals surface area (Å²) in [6.07, 6.45) is 0.532. The second kappa shape index (κ2) is 3.39. The minimum absolute atomic E-state index is 0.153. The van der Waals surface area contributed by atoms with E-state index in [1.807, 2.05) is 26.0 Å². The zero-order chi connectivity index (χ0) is 9.14. The molecule has 0 aliphatic rings. The molecular weight excluding hydrogens is 150 g/mol. The highest BCUT2D eigenvalue weighted by atomic mass is 16.1. The van der Waals surface area contributed by atoms with Gasteiger partial charge in [0.15, 0.2) is 5.78 Å². The van der Waals surface area contributed by atoms with Crippen LogP contribution in [0.1, 0.15) is 29.3 Å². The van der Waals surface area contributed by atoms with Gasteiger partial charge in [-0.05, 0) is 24.6 Å². The van der Waals surface area contributed by atoms with E-state index in [0.29, 0.717) is 12.1 Å². The van der Waals surface area contributed by atoms with Crippen molar-refractivity contribution in [1.29, 1.82) is 0 Å². The monoisotopic (exact) mass is 163 g/mol. The number of nitrogens with two attached hydrogens (primary N) is 1. The maximum atomic E-state index is 11.3. The second-order valence-corrected chi connectivity index (χ2v) is 2.85. The smallest absolute Gasteiger partial charge is 0.162 e. The summed E-state index contributed by atoms with van der Waals surface area (Å²) in [5.41, 5.74) is 7.96. The van der Waals surface area contributed by atoms with Gasteiger partial charge in [-0.1, -0.05) is 13.0 Å². The highest BCUT2D eigenvalue weighted by Gasteiger charge is 2.05. The van der Waals surface area contributed by atoms with E-state index in [4.69, 9.17) is 5.73 Å². The first kappa shape index (κ1) is 8.78. The maximum Gasteiger partial charge on any atom is 0.162 e. The van der Waals surface area contributed by atoms with Crippen molar-refractivity contribution in [2.45, 2.75) is 20.3 Å². The Morgan fingerprint density at radius 1 is 1.50 bits per heavy atom. The van der Waals surface area contributed by atoms with E-state index in [1.165, 1.54) is 0 Å². The summed E-state index contributed by atoms with van der Waals surface area (Å²) in [5, 5.41) is 0. The summed E-state index contributed by atoms with van der Waals surface area (Å²) in [6.45, 7) is 3.77. The maximum absolute atomic E-state index is 11.3. The first-order valence-corrected chi connectivity index (χ1v) is 4.04. The molecule has 0 unspecified atom stereocenters. The molecule has 0 spiro atoms. The average Bonchev–Trinajstić information content (AvgIpc) is 2.08. The van der Waals surface area contributed by atoms with Gasteiger partial charge in [0.1, 0.15) is 0 Å². The molecule has 0 saturated carbocycles. The largest absolute Gasteiger partial charge is 0.399 e. The third-order valence-corrected chi connectivity index (χ3v) is 1.88. The molecule has 0 bridgehead atoms. The molecule has 2 heteroatoms. The Kier molecular flexibility index (Phi) is 2.48. The number of anilines is 1. The van der Waals surface area contributed by atoms with Crippen molar-refractivity contribution in [2.24, 2.45) is 0 Å². The molecule has 12 heavy (non-hydrogen) atoms. The molecule has 2 nitrogen and oxygen atoms in total. The normalized spacial score (nSPS) is 9.83. The summed E-state index contributed by atoms with van der Waals surface area (Å²) in [6, 6.07) is 5.42. The molecular formula is C10H13NO. The first-order chi connectivity index (χ1) is 5.65. The molecule has 0 saturated heterocycles. The predicted octanol–water partition coefficient (Wildman–Crippen LogP) is 2.17. The van der Waals surface area contributed by atoms with Crippen LogP contribution in [0.4, 0.5) is 5.69 Å². The SMILES string of the molecule is CCC(=O)c1cc(N)ccc1C. The van der Waals surface area contributed by atoms with Crippen molar-refractivity contribution >= 4 is 11.5 Å². The van der Waals surface area contributed by atoms with Crippen LogP contribution in [-0.4, -0.2) is 5.78 Å². The van der Waals surface area contributed by atoms with Crippen LogP contribution in [0.25, 0.3) is 0 Å².